The van der Waals surface area contributed by atoms with Gasteiger partial charge < -0.3 is 13.7 Å². The maximum absolute atomic E-state index is 5.55. The highest BCUT2D eigenvalue weighted by Crippen LogP contribution is 2.44. The van der Waals surface area contributed by atoms with Crippen LogP contribution in [0.2, 0.25) is 0 Å². The minimum absolute atomic E-state index is 0.534. The summed E-state index contributed by atoms with van der Waals surface area (Å²) >= 11 is 0. The summed E-state index contributed by atoms with van der Waals surface area (Å²) in [5, 5.41) is 9.36. The quantitative estimate of drug-likeness (QED) is 0.160. The van der Waals surface area contributed by atoms with Crippen LogP contribution in [0, 0.1) is 0 Å². The maximum Gasteiger partial charge on any atom is 0.238 e. The first kappa shape index (κ1) is 42.2. The first-order chi connectivity index (χ1) is 37.7. The predicted octanol–water partition coefficient (Wildman–Crippen LogP) is 17.3. The topological polar surface area (TPSA) is 58.4 Å². The summed E-state index contributed by atoms with van der Waals surface area (Å²) in [6.07, 6.45) is 0. The number of para-hydroxylation sites is 5. The number of aromatic nitrogens is 7. The van der Waals surface area contributed by atoms with Crippen molar-refractivity contribution in [1.82, 2.24) is 33.2 Å². The van der Waals surface area contributed by atoms with Crippen LogP contribution in [0.4, 0.5) is 0 Å². The zero-order valence-corrected chi connectivity index (χ0v) is 41.0. The Hall–Kier alpha value is -10.4. The smallest absolute Gasteiger partial charge is 0.238 e. The Kier molecular flexibility index (Phi) is 9.20. The summed E-state index contributed by atoms with van der Waals surface area (Å²) < 4.78 is 9.48. The van der Waals surface area contributed by atoms with Crippen LogP contribution in [0.15, 0.2) is 261 Å². The van der Waals surface area contributed by atoms with Gasteiger partial charge in [0.25, 0.3) is 0 Å². The van der Waals surface area contributed by atoms with Crippen molar-refractivity contribution in [2.24, 2.45) is 0 Å². The molecule has 76 heavy (non-hydrogen) atoms. The Morgan fingerprint density at radius 2 is 0.605 bits per heavy atom. The van der Waals surface area contributed by atoms with Gasteiger partial charge in [-0.3, -0.25) is 4.57 Å². The van der Waals surface area contributed by atoms with Crippen molar-refractivity contribution in [2.75, 3.05) is 0 Å². The second-order valence-electron chi connectivity index (χ2n) is 19.6. The molecular weight excluding hydrogens is 927 g/mol. The van der Waals surface area contributed by atoms with Gasteiger partial charge in [0, 0.05) is 71.3 Å². The van der Waals surface area contributed by atoms with E-state index in [1.54, 1.807) is 0 Å². The summed E-state index contributed by atoms with van der Waals surface area (Å²) in [5.41, 5.74) is 16.1. The molecule has 0 aliphatic carbocycles. The molecule has 7 heteroatoms. The fraction of sp³-hybridized carbons (Fsp3) is 0. The zero-order chi connectivity index (χ0) is 49.8. The van der Waals surface area contributed by atoms with Gasteiger partial charge in [0.1, 0.15) is 0 Å². The highest BCUT2D eigenvalue weighted by atomic mass is 15.2. The van der Waals surface area contributed by atoms with E-state index in [4.69, 9.17) is 15.0 Å². The molecule has 0 fully saturated rings. The lowest BCUT2D eigenvalue weighted by Gasteiger charge is -2.14. The molecule has 0 bridgehead atoms. The van der Waals surface area contributed by atoms with Gasteiger partial charge in [-0.1, -0.05) is 188 Å². The van der Waals surface area contributed by atoms with E-state index in [9.17, 15) is 0 Å². The second kappa shape index (κ2) is 16.6. The molecule has 0 amide bonds. The van der Waals surface area contributed by atoms with Crippen molar-refractivity contribution in [3.05, 3.63) is 261 Å². The average molecular weight is 970 g/mol. The average Bonchev–Trinajstić information content (AvgIpc) is 4.30. The Morgan fingerprint density at radius 1 is 0.211 bits per heavy atom. The third-order valence-electron chi connectivity index (χ3n) is 15.4. The number of hydrogen-bond acceptors (Lipinski definition) is 3. The molecule has 16 aromatic rings. The molecule has 0 N–H and O–H groups in total. The van der Waals surface area contributed by atoms with Gasteiger partial charge in [0.2, 0.25) is 5.95 Å². The van der Waals surface area contributed by atoms with Gasteiger partial charge in [-0.25, -0.2) is 4.98 Å². The lowest BCUT2D eigenvalue weighted by Crippen LogP contribution is -2.07. The molecule has 0 saturated carbocycles. The molecule has 7 nitrogen and oxygen atoms in total. The van der Waals surface area contributed by atoms with Crippen molar-refractivity contribution in [3.8, 4) is 56.9 Å². The summed E-state index contributed by atoms with van der Waals surface area (Å²) in [5.74, 6) is 1.71. The molecule has 11 aromatic carbocycles. The van der Waals surface area contributed by atoms with Crippen LogP contribution >= 0.6 is 0 Å². The van der Waals surface area contributed by atoms with Crippen molar-refractivity contribution >= 4 is 87.2 Å². The molecular formula is C69H43N7. The lowest BCUT2D eigenvalue weighted by atomic mass is 10.1. The van der Waals surface area contributed by atoms with Gasteiger partial charge in [-0.05, 0) is 83.9 Å². The van der Waals surface area contributed by atoms with E-state index in [1.165, 1.54) is 38.1 Å². The first-order valence-corrected chi connectivity index (χ1v) is 25.8. The van der Waals surface area contributed by atoms with Crippen LogP contribution < -0.4 is 0 Å². The van der Waals surface area contributed by atoms with Gasteiger partial charge in [0.15, 0.2) is 11.6 Å². The molecule has 0 aliphatic rings. The first-order valence-electron chi connectivity index (χ1n) is 25.8. The fourth-order valence-electron chi connectivity index (χ4n) is 12.1. The normalized spacial score (nSPS) is 11.9. The van der Waals surface area contributed by atoms with Crippen LogP contribution in [0.25, 0.3) is 144 Å². The predicted molar refractivity (Wildman–Crippen MR) is 313 cm³/mol. The van der Waals surface area contributed by atoms with Crippen LogP contribution in [-0.2, 0) is 0 Å². The molecule has 16 rings (SSSR count). The van der Waals surface area contributed by atoms with E-state index in [-0.39, 0.29) is 0 Å². The standard InChI is InChI=1S/C69H43N7/c1-3-18-44(19-4-1)45-34-36-48(37-35-45)75-64-41-38-50(74-61-31-14-9-26-53(61)54-27-10-15-32-62(54)74)43-58(64)57-40-39-56-55-28-11-16-33-63(55)76(66(56)65(57)75)69-71-67(46-20-5-2-6-21-46)70-68(72-69)47-22-17-23-49(42-47)73-59-29-12-7-24-51(59)52-25-8-13-30-60(52)73/h1-43H. The van der Waals surface area contributed by atoms with Gasteiger partial charge in [-0.15, -0.1) is 0 Å². The van der Waals surface area contributed by atoms with Crippen molar-refractivity contribution in [2.45, 2.75) is 0 Å². The molecule has 5 heterocycles. The van der Waals surface area contributed by atoms with E-state index < -0.39 is 0 Å². The fourth-order valence-corrected chi connectivity index (χ4v) is 12.1. The van der Waals surface area contributed by atoms with Crippen LogP contribution in [0.3, 0.4) is 0 Å². The Morgan fingerprint density at radius 3 is 1.17 bits per heavy atom. The van der Waals surface area contributed by atoms with Gasteiger partial charge in [-0.2, -0.15) is 9.97 Å². The minimum atomic E-state index is 0.534. The van der Waals surface area contributed by atoms with Crippen molar-refractivity contribution in [1.29, 1.82) is 0 Å². The third-order valence-corrected chi connectivity index (χ3v) is 15.4. The highest BCUT2D eigenvalue weighted by Gasteiger charge is 2.25. The lowest BCUT2D eigenvalue weighted by molar-refractivity contribution is 0.953. The van der Waals surface area contributed by atoms with Crippen LogP contribution in [0.1, 0.15) is 0 Å². The van der Waals surface area contributed by atoms with E-state index in [1.807, 2.05) is 18.2 Å². The molecule has 0 atom stereocenters. The van der Waals surface area contributed by atoms with E-state index in [2.05, 4.69) is 261 Å². The molecule has 0 saturated heterocycles. The SMILES string of the molecule is c1ccc(-c2ccc(-n3c4ccc(-n5c6ccccc6c6ccccc65)cc4c4ccc5c6ccccc6n(-c6nc(-c7ccccc7)nc(-c7cccc(-n8c9ccccc9c9ccccc98)c7)n6)c5c43)cc2)cc1. The minimum Gasteiger partial charge on any atom is -0.309 e. The Bertz CT molecular complexity index is 4870. The summed E-state index contributed by atoms with van der Waals surface area (Å²) in [7, 11) is 0. The largest absolute Gasteiger partial charge is 0.309 e. The summed E-state index contributed by atoms with van der Waals surface area (Å²) in [6, 6.07) is 93.4. The molecule has 0 spiro atoms. The number of benzene rings is 11. The number of hydrogen-bond donors (Lipinski definition) is 0. The maximum atomic E-state index is 5.55. The number of fused-ring (bicyclic) bond motifs is 13. The van der Waals surface area contributed by atoms with Gasteiger partial charge >= 0.3 is 0 Å². The third kappa shape index (κ3) is 6.33. The van der Waals surface area contributed by atoms with Crippen LogP contribution in [0.5, 0.6) is 0 Å². The second-order valence-corrected chi connectivity index (χ2v) is 19.6. The molecule has 0 aliphatic heterocycles. The summed E-state index contributed by atoms with van der Waals surface area (Å²) in [6.45, 7) is 0. The van der Waals surface area contributed by atoms with E-state index >= 15 is 0 Å². The Labute approximate surface area is 436 Å². The van der Waals surface area contributed by atoms with Crippen molar-refractivity contribution in [3.63, 3.8) is 0 Å². The molecule has 0 radical (unpaired) electrons. The van der Waals surface area contributed by atoms with Crippen LogP contribution in [-0.4, -0.2) is 33.2 Å². The highest BCUT2D eigenvalue weighted by molar-refractivity contribution is 6.24. The van der Waals surface area contributed by atoms with Gasteiger partial charge in [0.05, 0.1) is 44.1 Å². The number of rotatable bonds is 7. The van der Waals surface area contributed by atoms with E-state index in [0.717, 1.165) is 88.4 Å². The Balaban J connectivity index is 0.984. The summed E-state index contributed by atoms with van der Waals surface area (Å²) in [4.78, 5) is 16.3. The number of nitrogens with zero attached hydrogens (tertiary/aromatic N) is 7. The molecule has 5 aromatic heterocycles. The van der Waals surface area contributed by atoms with Crippen molar-refractivity contribution < 1.29 is 0 Å². The molecule has 0 unspecified atom stereocenters. The van der Waals surface area contributed by atoms with E-state index in [0.29, 0.717) is 17.6 Å². The monoisotopic (exact) mass is 969 g/mol. The molecule has 354 valence electrons. The zero-order valence-electron chi connectivity index (χ0n) is 41.0.